The third-order valence-corrected chi connectivity index (χ3v) is 7.73. The Balaban J connectivity index is 1.70. The molecule has 4 aromatic rings. The van der Waals surface area contributed by atoms with Crippen LogP contribution in [0.1, 0.15) is 27.6 Å². The van der Waals surface area contributed by atoms with Crippen molar-refractivity contribution < 1.29 is 23.8 Å². The molecule has 0 spiro atoms. The van der Waals surface area contributed by atoms with E-state index in [9.17, 15) is 19.1 Å². The Morgan fingerprint density at radius 1 is 1.15 bits per heavy atom. The molecule has 1 N–H and O–H groups in total. The fraction of sp³-hybridized carbons (Fsp3) is 0.160. The Kier molecular flexibility index (Phi) is 5.45. The number of fused-ring (bicyclic) bond motifs is 1. The Morgan fingerprint density at radius 2 is 1.94 bits per heavy atom. The molecule has 1 amide bonds. The molecule has 9 heteroatoms. The zero-order valence-electron chi connectivity index (χ0n) is 18.5. The number of aliphatic hydroxyl groups is 1. The van der Waals surface area contributed by atoms with Gasteiger partial charge in [0, 0.05) is 10.4 Å². The fourth-order valence-electron chi connectivity index (χ4n) is 4.06. The van der Waals surface area contributed by atoms with E-state index in [0.29, 0.717) is 26.8 Å². The summed E-state index contributed by atoms with van der Waals surface area (Å²) in [7, 11) is 1.59. The summed E-state index contributed by atoms with van der Waals surface area (Å²) < 4.78 is 20.0. The van der Waals surface area contributed by atoms with E-state index >= 15 is 0 Å². The number of thiazole rings is 1. The van der Waals surface area contributed by atoms with E-state index in [2.05, 4.69) is 4.98 Å². The largest absolute Gasteiger partial charge is 0.507 e. The molecule has 2 aromatic carbocycles. The molecule has 0 bridgehead atoms. The summed E-state index contributed by atoms with van der Waals surface area (Å²) in [4.78, 5) is 33.1. The number of nitrogens with zero attached hydrogens (tertiary/aromatic N) is 2. The Morgan fingerprint density at radius 3 is 2.62 bits per heavy atom. The maximum absolute atomic E-state index is 13.8. The molecule has 1 aliphatic rings. The van der Waals surface area contributed by atoms with Gasteiger partial charge in [0.05, 0.1) is 22.9 Å². The lowest BCUT2D eigenvalue weighted by molar-refractivity contribution is -0.132. The van der Waals surface area contributed by atoms with E-state index in [0.717, 1.165) is 10.3 Å². The summed E-state index contributed by atoms with van der Waals surface area (Å²) in [6.45, 7) is 3.47. The first-order chi connectivity index (χ1) is 16.3. The lowest BCUT2D eigenvalue weighted by Gasteiger charge is -2.21. The molecule has 172 valence electrons. The van der Waals surface area contributed by atoms with Gasteiger partial charge in [-0.1, -0.05) is 17.4 Å². The number of carbonyl (C=O) groups excluding carboxylic acids is 2. The van der Waals surface area contributed by atoms with Gasteiger partial charge in [0.15, 0.2) is 5.13 Å². The normalized spacial score (nSPS) is 17.6. The number of ether oxygens (including phenoxy) is 1. The van der Waals surface area contributed by atoms with Gasteiger partial charge in [-0.05, 0) is 66.8 Å². The van der Waals surface area contributed by atoms with Crippen LogP contribution in [-0.4, -0.2) is 28.9 Å². The molecule has 3 heterocycles. The van der Waals surface area contributed by atoms with Crippen LogP contribution >= 0.6 is 22.7 Å². The Bertz CT molecular complexity index is 1490. The van der Waals surface area contributed by atoms with Crippen molar-refractivity contribution in [2.75, 3.05) is 12.0 Å². The fourth-order valence-corrected chi connectivity index (χ4v) is 5.89. The number of rotatable bonds is 4. The van der Waals surface area contributed by atoms with Crippen LogP contribution in [0.4, 0.5) is 9.52 Å². The number of thiophene rings is 1. The molecule has 1 saturated heterocycles. The summed E-state index contributed by atoms with van der Waals surface area (Å²) in [5.74, 6) is -1.66. The van der Waals surface area contributed by atoms with Crippen LogP contribution in [0.2, 0.25) is 0 Å². The predicted octanol–water partition coefficient (Wildman–Crippen LogP) is 5.75. The highest BCUT2D eigenvalue weighted by molar-refractivity contribution is 7.22. The van der Waals surface area contributed by atoms with Crippen LogP contribution in [0.3, 0.4) is 0 Å². The van der Waals surface area contributed by atoms with E-state index < -0.39 is 23.5 Å². The van der Waals surface area contributed by atoms with E-state index in [4.69, 9.17) is 4.74 Å². The number of halogens is 1. The molecule has 1 aliphatic heterocycles. The number of amides is 1. The van der Waals surface area contributed by atoms with Crippen molar-refractivity contribution in [2.24, 2.45) is 0 Å². The number of Topliss-reactive ketones (excluding diaryl/α,β-unsaturated/α-hetero) is 1. The molecule has 34 heavy (non-hydrogen) atoms. The van der Waals surface area contributed by atoms with Gasteiger partial charge in [-0.15, -0.1) is 11.3 Å². The molecule has 1 atom stereocenters. The van der Waals surface area contributed by atoms with Crippen LogP contribution < -0.4 is 9.64 Å². The number of aromatic nitrogens is 1. The van der Waals surface area contributed by atoms with Crippen LogP contribution in [0.25, 0.3) is 16.0 Å². The van der Waals surface area contributed by atoms with Crippen LogP contribution in [0.15, 0.2) is 53.4 Å². The Hall–Kier alpha value is -3.56. The quantitative estimate of drug-likeness (QED) is 0.222. The van der Waals surface area contributed by atoms with E-state index in [-0.39, 0.29) is 16.9 Å². The zero-order chi connectivity index (χ0) is 24.1. The van der Waals surface area contributed by atoms with Gasteiger partial charge in [0.25, 0.3) is 5.78 Å². The summed E-state index contributed by atoms with van der Waals surface area (Å²) >= 11 is 2.63. The van der Waals surface area contributed by atoms with Gasteiger partial charge in [0.2, 0.25) is 0 Å². The minimum Gasteiger partial charge on any atom is -0.507 e. The average molecular weight is 495 g/mol. The first-order valence-corrected chi connectivity index (χ1v) is 12.1. The number of aliphatic hydroxyl groups excluding tert-OH is 1. The van der Waals surface area contributed by atoms with E-state index in [1.54, 1.807) is 20.1 Å². The second kappa shape index (κ2) is 8.34. The van der Waals surface area contributed by atoms with E-state index in [1.165, 1.54) is 45.8 Å². The van der Waals surface area contributed by atoms with Crippen molar-refractivity contribution in [3.8, 4) is 5.75 Å². The minimum absolute atomic E-state index is 0.0496. The zero-order valence-corrected chi connectivity index (χ0v) is 20.1. The first-order valence-electron chi connectivity index (χ1n) is 10.4. The number of hydrogen-bond acceptors (Lipinski definition) is 7. The van der Waals surface area contributed by atoms with Crippen LogP contribution in [0.5, 0.6) is 5.75 Å². The molecular weight excluding hydrogens is 475 g/mol. The van der Waals surface area contributed by atoms with Gasteiger partial charge >= 0.3 is 5.91 Å². The van der Waals surface area contributed by atoms with Crippen molar-refractivity contribution in [1.29, 1.82) is 0 Å². The van der Waals surface area contributed by atoms with E-state index in [1.807, 2.05) is 30.5 Å². The maximum Gasteiger partial charge on any atom is 0.301 e. The summed E-state index contributed by atoms with van der Waals surface area (Å²) in [5.41, 5.74) is 2.12. The van der Waals surface area contributed by atoms with Crippen molar-refractivity contribution in [2.45, 2.75) is 19.9 Å². The molecule has 0 saturated carbocycles. The van der Waals surface area contributed by atoms with Crippen molar-refractivity contribution >= 4 is 55.5 Å². The molecule has 2 aromatic heterocycles. The number of methoxy groups -OCH3 is 1. The highest BCUT2D eigenvalue weighted by atomic mass is 32.1. The molecule has 1 fully saturated rings. The van der Waals surface area contributed by atoms with Gasteiger partial charge in [0.1, 0.15) is 23.4 Å². The van der Waals surface area contributed by atoms with Gasteiger partial charge < -0.3 is 9.84 Å². The van der Waals surface area contributed by atoms with Gasteiger partial charge in [-0.3, -0.25) is 14.5 Å². The highest BCUT2D eigenvalue weighted by Crippen LogP contribution is 2.46. The number of carbonyl (C=O) groups is 2. The minimum atomic E-state index is -0.853. The average Bonchev–Trinajstić information content (AvgIpc) is 3.53. The molecule has 6 nitrogen and oxygen atoms in total. The number of hydrogen-bond donors (Lipinski definition) is 1. The number of aryl methyl sites for hydroxylation is 2. The summed E-state index contributed by atoms with van der Waals surface area (Å²) in [6.07, 6.45) is 0. The number of ketones is 1. The summed E-state index contributed by atoms with van der Waals surface area (Å²) in [5, 5.41) is 13.3. The van der Waals surface area contributed by atoms with Gasteiger partial charge in [-0.2, -0.15) is 0 Å². The third kappa shape index (κ3) is 3.48. The monoisotopic (exact) mass is 494 g/mol. The molecule has 5 rings (SSSR count). The first kappa shape index (κ1) is 22.2. The third-order valence-electron chi connectivity index (χ3n) is 5.79. The van der Waals surface area contributed by atoms with Crippen LogP contribution in [-0.2, 0) is 9.59 Å². The van der Waals surface area contributed by atoms with Gasteiger partial charge in [-0.25, -0.2) is 9.37 Å². The van der Waals surface area contributed by atoms with Crippen molar-refractivity contribution in [1.82, 2.24) is 4.98 Å². The molecular formula is C25H19FN2O4S2. The smallest absolute Gasteiger partial charge is 0.301 e. The predicted molar refractivity (Wildman–Crippen MR) is 131 cm³/mol. The topological polar surface area (TPSA) is 79.7 Å². The lowest BCUT2D eigenvalue weighted by Crippen LogP contribution is -2.28. The number of anilines is 1. The Labute approximate surface area is 202 Å². The lowest BCUT2D eigenvalue weighted by atomic mass is 9.99. The molecule has 0 aliphatic carbocycles. The maximum atomic E-state index is 13.8. The summed E-state index contributed by atoms with van der Waals surface area (Å²) in [6, 6.07) is 10.6. The standard InChI is InChI=1S/C25H19FN2O4S2/c1-12-9-14(6-7-15(12)26)22(29)20-21(18-5-4-8-33-18)28(24(31)23(20)30)25-27-16-10-13(2)17(32-3)11-19(16)34-25/h4-11,21,29H,1-3H3/b22-20+. The van der Waals surface area contributed by atoms with Crippen molar-refractivity contribution in [3.63, 3.8) is 0 Å². The molecule has 1 unspecified atom stereocenters. The molecule has 0 radical (unpaired) electrons. The van der Waals surface area contributed by atoms with Crippen molar-refractivity contribution in [3.05, 3.63) is 80.8 Å². The second-order valence-electron chi connectivity index (χ2n) is 7.93. The van der Waals surface area contributed by atoms with Crippen LogP contribution in [0, 0.1) is 19.7 Å². The SMILES string of the molecule is COc1cc2sc(N3C(=O)C(=O)/C(=C(/O)c4ccc(F)c(C)c4)C3c3cccs3)nc2cc1C. The second-order valence-corrected chi connectivity index (χ2v) is 9.92. The highest BCUT2D eigenvalue weighted by Gasteiger charge is 2.48. The number of benzene rings is 2.